The number of hydrogen-bond donors (Lipinski definition) is 1. The summed E-state index contributed by atoms with van der Waals surface area (Å²) in [5.74, 6) is 0.770. The molecule has 41 heavy (non-hydrogen) atoms. The van der Waals surface area contributed by atoms with E-state index in [1.54, 1.807) is 37.2 Å². The van der Waals surface area contributed by atoms with E-state index in [1.165, 1.54) is 12.1 Å². The lowest BCUT2D eigenvalue weighted by atomic mass is 10.0. The number of non-ortho nitro benzene ring substituents is 1. The van der Waals surface area contributed by atoms with Crippen LogP contribution in [0.5, 0.6) is 5.75 Å². The number of aromatic nitrogens is 2. The highest BCUT2D eigenvalue weighted by Crippen LogP contribution is 2.43. The number of rotatable bonds is 8. The van der Waals surface area contributed by atoms with E-state index in [1.807, 2.05) is 79.0 Å². The Morgan fingerprint density at radius 3 is 2.32 bits per heavy atom. The minimum atomic E-state index is -0.394. The van der Waals surface area contributed by atoms with Gasteiger partial charge in [0.25, 0.3) is 5.69 Å². The molecule has 0 aliphatic carbocycles. The van der Waals surface area contributed by atoms with E-state index >= 15 is 0 Å². The summed E-state index contributed by atoms with van der Waals surface area (Å²) in [7, 11) is 1.67. The van der Waals surface area contributed by atoms with Crippen LogP contribution in [-0.4, -0.2) is 26.7 Å². The maximum Gasteiger partial charge on any atom is 0.269 e. The smallest absolute Gasteiger partial charge is 0.269 e. The molecule has 5 aromatic rings. The molecule has 0 amide bonds. The van der Waals surface area contributed by atoms with Crippen molar-refractivity contribution in [3.63, 3.8) is 0 Å². The van der Waals surface area contributed by atoms with Crippen LogP contribution < -0.4 is 15.0 Å². The van der Waals surface area contributed by atoms with Crippen LogP contribution in [0.25, 0.3) is 5.69 Å². The lowest BCUT2D eigenvalue weighted by Gasteiger charge is -2.29. The van der Waals surface area contributed by atoms with Gasteiger partial charge in [0.05, 0.1) is 29.5 Å². The highest BCUT2D eigenvalue weighted by molar-refractivity contribution is 7.99. The number of benzene rings is 3. The number of nitrogens with zero attached hydrogens (tertiary/aromatic N) is 4. The van der Waals surface area contributed by atoms with Crippen molar-refractivity contribution in [3.05, 3.63) is 137 Å². The number of thiocarbonyl (C=S) groups is 1. The number of nitro benzene ring substituents is 1. The Morgan fingerprint density at radius 1 is 0.927 bits per heavy atom. The molecule has 3 aromatic carbocycles. The lowest BCUT2D eigenvalue weighted by Crippen LogP contribution is -2.30. The van der Waals surface area contributed by atoms with Crippen molar-refractivity contribution in [2.75, 3.05) is 12.0 Å². The van der Waals surface area contributed by atoms with Gasteiger partial charge in [-0.2, -0.15) is 0 Å². The zero-order valence-corrected chi connectivity index (χ0v) is 23.6. The van der Waals surface area contributed by atoms with E-state index in [4.69, 9.17) is 17.0 Å². The molecule has 0 unspecified atom stereocenters. The van der Waals surface area contributed by atoms with Gasteiger partial charge in [0.15, 0.2) is 5.11 Å². The molecule has 10 heteroatoms. The minimum absolute atomic E-state index is 0.0751. The molecule has 1 aliphatic rings. The standard InChI is InChI=1S/C31H25N5O3S2/c1-39-28-10-3-2-8-26(28)34-20-6-9-27(34)30-29(25-7-4-5-19-32-25)33-31(40)35(30)21-11-15-23(16-12-21)41-24-17-13-22(14-18-24)36(37)38/h2-20,29-30H,1H3,(H,33,40)/t29-,30+/m1/s1. The van der Waals surface area contributed by atoms with Crippen molar-refractivity contribution in [3.8, 4) is 11.4 Å². The molecular weight excluding hydrogens is 555 g/mol. The SMILES string of the molecule is COc1ccccc1-n1cccc1[C@H]1[C@@H](c2ccccn2)NC(=S)N1c1ccc(Sc2ccc([N+](=O)[O-])cc2)cc1. The number of pyridine rings is 1. The van der Waals surface area contributed by atoms with Crippen molar-refractivity contribution in [2.24, 2.45) is 0 Å². The van der Waals surface area contributed by atoms with E-state index in [2.05, 4.69) is 25.8 Å². The fourth-order valence-corrected chi connectivity index (χ4v) is 6.23. The summed E-state index contributed by atoms with van der Waals surface area (Å²) < 4.78 is 7.83. The number of nitrogens with one attached hydrogen (secondary N) is 1. The van der Waals surface area contributed by atoms with Crippen LogP contribution in [0, 0.1) is 10.1 Å². The largest absolute Gasteiger partial charge is 0.495 e. The molecule has 1 N–H and O–H groups in total. The second-order valence-electron chi connectivity index (χ2n) is 9.32. The van der Waals surface area contributed by atoms with Crippen molar-refractivity contribution >= 4 is 40.5 Å². The van der Waals surface area contributed by atoms with E-state index < -0.39 is 4.92 Å². The second-order valence-corrected chi connectivity index (χ2v) is 10.9. The first-order valence-corrected chi connectivity index (χ1v) is 14.1. The van der Waals surface area contributed by atoms with Gasteiger partial charge in [-0.05, 0) is 85.0 Å². The molecule has 2 aromatic heterocycles. The lowest BCUT2D eigenvalue weighted by molar-refractivity contribution is -0.384. The van der Waals surface area contributed by atoms with E-state index in [0.29, 0.717) is 5.11 Å². The minimum Gasteiger partial charge on any atom is -0.495 e. The highest BCUT2D eigenvalue weighted by atomic mass is 32.2. The average molecular weight is 580 g/mol. The first-order valence-electron chi connectivity index (χ1n) is 12.9. The predicted octanol–water partition coefficient (Wildman–Crippen LogP) is 7.12. The number of hydrogen-bond acceptors (Lipinski definition) is 6. The summed E-state index contributed by atoms with van der Waals surface area (Å²) in [5.41, 5.74) is 3.86. The van der Waals surface area contributed by atoms with Crippen LogP contribution in [-0.2, 0) is 0 Å². The number of nitro groups is 1. The Bertz CT molecular complexity index is 1690. The molecule has 1 fully saturated rings. The van der Waals surface area contributed by atoms with Crippen LogP contribution in [0.3, 0.4) is 0 Å². The molecule has 6 rings (SSSR count). The molecule has 0 radical (unpaired) electrons. The third-order valence-electron chi connectivity index (χ3n) is 6.92. The predicted molar refractivity (Wildman–Crippen MR) is 164 cm³/mol. The summed E-state index contributed by atoms with van der Waals surface area (Å²) in [6.07, 6.45) is 3.83. The van der Waals surface area contributed by atoms with Gasteiger partial charge >= 0.3 is 0 Å². The van der Waals surface area contributed by atoms with Crippen LogP contribution in [0.4, 0.5) is 11.4 Å². The third kappa shape index (κ3) is 5.27. The van der Waals surface area contributed by atoms with Gasteiger partial charge in [0.1, 0.15) is 11.8 Å². The van der Waals surface area contributed by atoms with Gasteiger partial charge in [-0.3, -0.25) is 15.1 Å². The molecule has 3 heterocycles. The van der Waals surface area contributed by atoms with E-state index in [9.17, 15) is 10.1 Å². The zero-order chi connectivity index (χ0) is 28.3. The Kier molecular flexibility index (Phi) is 7.41. The fourth-order valence-electron chi connectivity index (χ4n) is 5.06. The molecular formula is C31H25N5O3S2. The van der Waals surface area contributed by atoms with Crippen LogP contribution in [0.2, 0.25) is 0 Å². The fraction of sp³-hybridized carbons (Fsp3) is 0.0968. The first-order chi connectivity index (χ1) is 20.0. The number of methoxy groups -OCH3 is 1. The summed E-state index contributed by atoms with van der Waals surface area (Å²) in [6, 6.07) is 32.3. The summed E-state index contributed by atoms with van der Waals surface area (Å²) in [6.45, 7) is 0. The Hall–Kier alpha value is -4.67. The molecule has 0 spiro atoms. The molecule has 204 valence electrons. The average Bonchev–Trinajstić information content (AvgIpc) is 3.62. The zero-order valence-electron chi connectivity index (χ0n) is 22.0. The maximum absolute atomic E-state index is 11.0. The molecule has 8 nitrogen and oxygen atoms in total. The van der Waals surface area contributed by atoms with Gasteiger partial charge in [0, 0.05) is 45.7 Å². The molecule has 0 saturated carbocycles. The van der Waals surface area contributed by atoms with Gasteiger partial charge in [-0.15, -0.1) is 0 Å². The van der Waals surface area contributed by atoms with Crippen molar-refractivity contribution < 1.29 is 9.66 Å². The van der Waals surface area contributed by atoms with Crippen LogP contribution >= 0.6 is 24.0 Å². The van der Waals surface area contributed by atoms with Crippen molar-refractivity contribution in [1.82, 2.24) is 14.9 Å². The first kappa shape index (κ1) is 26.5. The number of ether oxygens (including phenoxy) is 1. The quantitative estimate of drug-likeness (QED) is 0.118. The molecule has 2 atom stereocenters. The second kappa shape index (κ2) is 11.4. The van der Waals surface area contributed by atoms with Gasteiger partial charge < -0.3 is 19.5 Å². The Labute approximate surface area is 246 Å². The molecule has 0 bridgehead atoms. The van der Waals surface area contributed by atoms with Gasteiger partial charge in [-0.25, -0.2) is 0 Å². The molecule has 1 saturated heterocycles. The topological polar surface area (TPSA) is 85.5 Å². The monoisotopic (exact) mass is 579 g/mol. The normalized spacial score (nSPS) is 16.4. The Balaban J connectivity index is 1.37. The third-order valence-corrected chi connectivity index (χ3v) is 8.25. The van der Waals surface area contributed by atoms with Crippen molar-refractivity contribution in [2.45, 2.75) is 21.9 Å². The summed E-state index contributed by atoms with van der Waals surface area (Å²) in [4.78, 5) is 19.3. The molecule has 1 aliphatic heterocycles. The number of para-hydroxylation sites is 2. The summed E-state index contributed by atoms with van der Waals surface area (Å²) >= 11 is 7.47. The van der Waals surface area contributed by atoms with E-state index in [0.717, 1.165) is 38.3 Å². The Morgan fingerprint density at radius 2 is 1.63 bits per heavy atom. The summed E-state index contributed by atoms with van der Waals surface area (Å²) in [5, 5.41) is 15.1. The van der Waals surface area contributed by atoms with Crippen LogP contribution in [0.1, 0.15) is 23.5 Å². The van der Waals surface area contributed by atoms with Crippen molar-refractivity contribution in [1.29, 1.82) is 0 Å². The highest BCUT2D eigenvalue weighted by Gasteiger charge is 2.42. The number of anilines is 1. The van der Waals surface area contributed by atoms with Crippen LogP contribution in [0.15, 0.2) is 125 Å². The van der Waals surface area contributed by atoms with Gasteiger partial charge in [-0.1, -0.05) is 30.0 Å². The van der Waals surface area contributed by atoms with Gasteiger partial charge in [0.2, 0.25) is 0 Å². The van der Waals surface area contributed by atoms with E-state index in [-0.39, 0.29) is 17.8 Å². The maximum atomic E-state index is 11.0.